The van der Waals surface area contributed by atoms with E-state index in [-0.39, 0.29) is 17.8 Å². The van der Waals surface area contributed by atoms with Gasteiger partial charge < -0.3 is 4.90 Å². The van der Waals surface area contributed by atoms with E-state index in [0.29, 0.717) is 12.1 Å². The summed E-state index contributed by atoms with van der Waals surface area (Å²) in [4.78, 5) is 14.9. The number of carbonyl (C=O) groups is 1. The molecule has 0 aliphatic carbocycles. The fourth-order valence-electron chi connectivity index (χ4n) is 3.33. The van der Waals surface area contributed by atoms with E-state index in [9.17, 15) is 9.18 Å². The number of hydrogen-bond acceptors (Lipinski definition) is 2. The van der Waals surface area contributed by atoms with Gasteiger partial charge in [-0.25, -0.2) is 4.39 Å². The monoisotopic (exact) mass is 315 g/mol. The Morgan fingerprint density at radius 3 is 3.09 bits per heavy atom. The lowest BCUT2D eigenvalue weighted by molar-refractivity contribution is 0.0610. The van der Waals surface area contributed by atoms with Gasteiger partial charge in [-0.05, 0) is 43.4 Å². The van der Waals surface area contributed by atoms with Gasteiger partial charge in [0.15, 0.2) is 0 Å². The first-order valence-corrected chi connectivity index (χ1v) is 8.29. The average molecular weight is 315 g/mol. The first-order valence-electron chi connectivity index (χ1n) is 8.29. The summed E-state index contributed by atoms with van der Waals surface area (Å²) in [5, 5.41) is 6.97. The number of aromatic nitrogens is 2. The van der Waals surface area contributed by atoms with Crippen LogP contribution in [-0.2, 0) is 6.42 Å². The number of amides is 1. The SMILES string of the molecule is CCCc1[nH]ncc1C(=O)N1CCCC[C@H]1c1cccc(F)c1. The minimum Gasteiger partial charge on any atom is -0.332 e. The topological polar surface area (TPSA) is 49.0 Å². The van der Waals surface area contributed by atoms with Crippen molar-refractivity contribution < 1.29 is 9.18 Å². The Morgan fingerprint density at radius 1 is 1.43 bits per heavy atom. The van der Waals surface area contributed by atoms with Crippen molar-refractivity contribution in [1.82, 2.24) is 15.1 Å². The van der Waals surface area contributed by atoms with Gasteiger partial charge in [-0.3, -0.25) is 9.89 Å². The number of halogens is 1. The fraction of sp³-hybridized carbons (Fsp3) is 0.444. The van der Waals surface area contributed by atoms with Gasteiger partial charge in [0.05, 0.1) is 17.8 Å². The summed E-state index contributed by atoms with van der Waals surface area (Å²) >= 11 is 0. The number of H-pyrrole nitrogens is 1. The first-order chi connectivity index (χ1) is 11.2. The Morgan fingerprint density at radius 2 is 2.30 bits per heavy atom. The number of hydrogen-bond donors (Lipinski definition) is 1. The normalized spacial score (nSPS) is 18.2. The molecule has 1 aromatic carbocycles. The third-order valence-corrected chi connectivity index (χ3v) is 4.45. The van der Waals surface area contributed by atoms with Crippen molar-refractivity contribution in [2.45, 2.75) is 45.1 Å². The van der Waals surface area contributed by atoms with Gasteiger partial charge in [0.1, 0.15) is 5.82 Å². The molecule has 3 rings (SSSR count). The molecule has 0 saturated carbocycles. The molecule has 1 aliphatic rings. The summed E-state index contributed by atoms with van der Waals surface area (Å²) in [6.45, 7) is 2.78. The number of rotatable bonds is 4. The molecule has 1 saturated heterocycles. The first kappa shape index (κ1) is 15.7. The van der Waals surface area contributed by atoms with E-state index < -0.39 is 0 Å². The van der Waals surface area contributed by atoms with E-state index in [0.717, 1.165) is 43.4 Å². The van der Waals surface area contributed by atoms with E-state index in [1.54, 1.807) is 18.3 Å². The van der Waals surface area contributed by atoms with Gasteiger partial charge in [-0.15, -0.1) is 0 Å². The van der Waals surface area contributed by atoms with Crippen LogP contribution in [0, 0.1) is 5.82 Å². The molecule has 0 unspecified atom stereocenters. The maximum atomic E-state index is 13.6. The molecule has 0 radical (unpaired) electrons. The predicted octanol–water partition coefficient (Wildman–Crippen LogP) is 3.87. The van der Waals surface area contributed by atoms with Crippen LogP contribution in [0.15, 0.2) is 30.5 Å². The summed E-state index contributed by atoms with van der Waals surface area (Å²) in [6.07, 6.45) is 6.28. The van der Waals surface area contributed by atoms with E-state index >= 15 is 0 Å². The molecule has 0 bridgehead atoms. The van der Waals surface area contributed by atoms with Crippen LogP contribution in [0.3, 0.4) is 0 Å². The standard InChI is InChI=1S/C18H22FN3O/c1-2-6-16-15(12-20-21-16)18(23)22-10-4-3-9-17(22)13-7-5-8-14(19)11-13/h5,7-8,11-12,17H,2-4,6,9-10H2,1H3,(H,20,21)/t17-/m0/s1. The van der Waals surface area contributed by atoms with Crippen LogP contribution in [0.4, 0.5) is 4.39 Å². The van der Waals surface area contributed by atoms with E-state index in [1.165, 1.54) is 6.07 Å². The highest BCUT2D eigenvalue weighted by atomic mass is 19.1. The molecule has 5 heteroatoms. The van der Waals surface area contributed by atoms with Crippen LogP contribution in [0.5, 0.6) is 0 Å². The molecule has 1 amide bonds. The van der Waals surface area contributed by atoms with Crippen LogP contribution < -0.4 is 0 Å². The van der Waals surface area contributed by atoms with Crippen molar-refractivity contribution in [3.63, 3.8) is 0 Å². The predicted molar refractivity (Wildman–Crippen MR) is 86.6 cm³/mol. The summed E-state index contributed by atoms with van der Waals surface area (Å²) < 4.78 is 13.6. The molecule has 4 nitrogen and oxygen atoms in total. The minimum absolute atomic E-state index is 0.00355. The van der Waals surface area contributed by atoms with Crippen LogP contribution in [-0.4, -0.2) is 27.5 Å². The molecule has 122 valence electrons. The number of aromatic amines is 1. The number of aryl methyl sites for hydroxylation is 1. The zero-order valence-corrected chi connectivity index (χ0v) is 13.4. The van der Waals surface area contributed by atoms with Gasteiger partial charge in [-0.1, -0.05) is 25.5 Å². The molecule has 1 aromatic heterocycles. The van der Waals surface area contributed by atoms with Crippen molar-refractivity contribution in [3.8, 4) is 0 Å². The Labute approximate surface area is 135 Å². The molecular formula is C18H22FN3O. The molecule has 1 N–H and O–H groups in total. The minimum atomic E-state index is -0.254. The Balaban J connectivity index is 1.89. The van der Waals surface area contributed by atoms with Crippen LogP contribution in [0.1, 0.15) is 60.3 Å². The highest BCUT2D eigenvalue weighted by Crippen LogP contribution is 2.32. The Hall–Kier alpha value is -2.17. The molecule has 0 spiro atoms. The van der Waals surface area contributed by atoms with Crippen molar-refractivity contribution in [2.24, 2.45) is 0 Å². The maximum absolute atomic E-state index is 13.6. The van der Waals surface area contributed by atoms with Gasteiger partial charge in [0.2, 0.25) is 0 Å². The maximum Gasteiger partial charge on any atom is 0.257 e. The smallest absolute Gasteiger partial charge is 0.257 e. The van der Waals surface area contributed by atoms with E-state index in [4.69, 9.17) is 0 Å². The largest absolute Gasteiger partial charge is 0.332 e. The number of nitrogens with one attached hydrogen (secondary N) is 1. The lowest BCUT2D eigenvalue weighted by atomic mass is 9.94. The highest BCUT2D eigenvalue weighted by molar-refractivity contribution is 5.95. The number of carbonyl (C=O) groups excluding carboxylic acids is 1. The Bertz CT molecular complexity index is 682. The summed E-state index contributed by atoms with van der Waals surface area (Å²) in [7, 11) is 0. The zero-order valence-electron chi connectivity index (χ0n) is 13.4. The van der Waals surface area contributed by atoms with Crippen molar-refractivity contribution in [3.05, 3.63) is 53.1 Å². The molecule has 2 heterocycles. The van der Waals surface area contributed by atoms with E-state index in [1.807, 2.05) is 11.0 Å². The fourth-order valence-corrected chi connectivity index (χ4v) is 3.33. The summed E-state index contributed by atoms with van der Waals surface area (Å²) in [5.41, 5.74) is 2.41. The third kappa shape index (κ3) is 3.28. The van der Waals surface area contributed by atoms with Gasteiger partial charge in [0.25, 0.3) is 5.91 Å². The summed E-state index contributed by atoms with van der Waals surface area (Å²) in [6, 6.07) is 6.53. The van der Waals surface area contributed by atoms with Crippen LogP contribution >= 0.6 is 0 Å². The highest BCUT2D eigenvalue weighted by Gasteiger charge is 2.30. The van der Waals surface area contributed by atoms with Gasteiger partial charge in [0, 0.05) is 12.2 Å². The number of nitrogens with zero attached hydrogens (tertiary/aromatic N) is 2. The molecule has 2 aromatic rings. The second-order valence-electron chi connectivity index (χ2n) is 6.08. The van der Waals surface area contributed by atoms with Gasteiger partial charge in [-0.2, -0.15) is 5.10 Å². The number of piperidine rings is 1. The molecule has 1 atom stereocenters. The number of benzene rings is 1. The molecule has 23 heavy (non-hydrogen) atoms. The van der Waals surface area contributed by atoms with E-state index in [2.05, 4.69) is 17.1 Å². The van der Waals surface area contributed by atoms with Crippen molar-refractivity contribution in [1.29, 1.82) is 0 Å². The molecule has 1 aliphatic heterocycles. The zero-order chi connectivity index (χ0) is 16.2. The molecule has 1 fully saturated rings. The van der Waals surface area contributed by atoms with Gasteiger partial charge >= 0.3 is 0 Å². The lowest BCUT2D eigenvalue weighted by Crippen LogP contribution is -2.38. The van der Waals surface area contributed by atoms with Crippen LogP contribution in [0.2, 0.25) is 0 Å². The van der Waals surface area contributed by atoms with Crippen molar-refractivity contribution in [2.75, 3.05) is 6.54 Å². The quantitative estimate of drug-likeness (QED) is 0.931. The Kier molecular flexibility index (Phi) is 4.74. The average Bonchev–Trinajstić information content (AvgIpc) is 3.03. The second-order valence-corrected chi connectivity index (χ2v) is 6.08. The molecular weight excluding hydrogens is 293 g/mol. The number of likely N-dealkylation sites (tertiary alicyclic amines) is 1. The second kappa shape index (κ2) is 6.94. The summed E-state index contributed by atoms with van der Waals surface area (Å²) in [5.74, 6) is -0.258. The lowest BCUT2D eigenvalue weighted by Gasteiger charge is -2.36. The third-order valence-electron chi connectivity index (χ3n) is 4.45. The van der Waals surface area contributed by atoms with Crippen molar-refractivity contribution >= 4 is 5.91 Å². The van der Waals surface area contributed by atoms with Crippen LogP contribution in [0.25, 0.3) is 0 Å².